The smallest absolute Gasteiger partial charge is 0.420 e. The fraction of sp³-hybridized carbons (Fsp3) is 0.300. The Morgan fingerprint density at radius 3 is 1.95 bits per heavy atom. The van der Waals surface area contributed by atoms with E-state index in [0.717, 1.165) is 12.1 Å². The average Bonchev–Trinajstić information content (AvgIpc) is 2.27. The van der Waals surface area contributed by atoms with Gasteiger partial charge in [0, 0.05) is 0 Å². The number of halogens is 7. The van der Waals surface area contributed by atoms with Gasteiger partial charge in [-0.15, -0.1) is 0 Å². The van der Waals surface area contributed by atoms with Crippen LogP contribution in [0.3, 0.4) is 0 Å². The van der Waals surface area contributed by atoms with Crippen molar-refractivity contribution in [2.45, 2.75) is 17.6 Å². The summed E-state index contributed by atoms with van der Waals surface area (Å²) >= 11 is 3.90. The molecule has 0 radical (unpaired) electrons. The predicted molar refractivity (Wildman–Crippen MR) is 53.9 cm³/mol. The van der Waals surface area contributed by atoms with Crippen molar-refractivity contribution in [3.63, 3.8) is 0 Å². The highest BCUT2D eigenvalue weighted by Crippen LogP contribution is 2.42. The molecule has 0 saturated carbocycles. The van der Waals surface area contributed by atoms with Crippen molar-refractivity contribution < 1.29 is 40.6 Å². The lowest BCUT2D eigenvalue weighted by Gasteiger charge is -2.24. The van der Waals surface area contributed by atoms with E-state index in [-0.39, 0.29) is 0 Å². The molecule has 0 aliphatic rings. The second-order valence-corrected chi connectivity index (χ2v) is 3.81. The number of carbonyl (C=O) groups excluding carboxylic acids is 1. The number of carbonyl (C=O) groups is 1. The predicted octanol–water partition coefficient (Wildman–Crippen LogP) is 3.63. The number of esters is 1. The number of hydrogen-bond donors (Lipinski definition) is 0. The molecule has 0 fully saturated rings. The zero-order valence-corrected chi connectivity index (χ0v) is 10.0. The molecule has 0 N–H and O–H groups in total. The van der Waals surface area contributed by atoms with Gasteiger partial charge in [0.2, 0.25) is 0 Å². The van der Waals surface area contributed by atoms with Crippen LogP contribution in [0, 0.1) is 0 Å². The van der Waals surface area contributed by atoms with E-state index in [1.54, 1.807) is 0 Å². The summed E-state index contributed by atoms with van der Waals surface area (Å²) in [6.07, 6.45) is -11.1. The molecule has 0 aliphatic carbocycles. The van der Waals surface area contributed by atoms with E-state index >= 15 is 0 Å². The van der Waals surface area contributed by atoms with Crippen LogP contribution in [0.25, 0.3) is 0 Å². The van der Waals surface area contributed by atoms with Gasteiger partial charge in [0.05, 0.1) is 0 Å². The van der Waals surface area contributed by atoms with E-state index in [0.29, 0.717) is 0 Å². The topological polar surface area (TPSA) is 35.5 Å². The van der Waals surface area contributed by atoms with E-state index in [1.165, 1.54) is 18.2 Å². The van der Waals surface area contributed by atoms with Crippen LogP contribution in [0.2, 0.25) is 0 Å². The Balaban J connectivity index is 2.81. The first-order valence-electron chi connectivity index (χ1n) is 4.75. The lowest BCUT2D eigenvalue weighted by Crippen LogP contribution is -2.48. The van der Waals surface area contributed by atoms with Gasteiger partial charge in [0.25, 0.3) is 0 Å². The van der Waals surface area contributed by atoms with Crippen LogP contribution in [0.4, 0.5) is 26.3 Å². The monoisotopic (exact) mass is 322 g/mol. The third-order valence-electron chi connectivity index (χ3n) is 1.78. The van der Waals surface area contributed by atoms with Gasteiger partial charge in [-0.1, -0.05) is 18.2 Å². The van der Waals surface area contributed by atoms with Crippen molar-refractivity contribution >= 4 is 17.6 Å². The Labute approximate surface area is 113 Å². The second-order valence-electron chi connectivity index (χ2n) is 3.34. The van der Waals surface area contributed by atoms with Crippen LogP contribution in [0.1, 0.15) is 0 Å². The standard InChI is InChI=1S/C10H5ClF6O3/c11-9(14,15)10(16,17)20-8(12,13)7(18)19-6-4-2-1-3-5-6/h1-5H. The highest BCUT2D eigenvalue weighted by atomic mass is 35.5. The molecule has 0 unspecified atom stereocenters. The molecule has 0 aromatic heterocycles. The van der Waals surface area contributed by atoms with Gasteiger partial charge in [-0.05, 0) is 23.7 Å². The molecule has 1 rings (SSSR count). The van der Waals surface area contributed by atoms with Crippen LogP contribution in [-0.4, -0.2) is 23.6 Å². The minimum absolute atomic E-state index is 0.415. The van der Waals surface area contributed by atoms with E-state index in [4.69, 9.17) is 0 Å². The molecule has 10 heteroatoms. The molecule has 0 spiro atoms. The zero-order valence-electron chi connectivity index (χ0n) is 9.26. The van der Waals surface area contributed by atoms with Crippen molar-refractivity contribution in [3.05, 3.63) is 30.3 Å². The van der Waals surface area contributed by atoms with Crippen molar-refractivity contribution in [2.24, 2.45) is 0 Å². The lowest BCUT2D eigenvalue weighted by atomic mass is 10.3. The van der Waals surface area contributed by atoms with Crippen molar-refractivity contribution in [1.82, 2.24) is 0 Å². The first-order valence-corrected chi connectivity index (χ1v) is 5.13. The van der Waals surface area contributed by atoms with Crippen LogP contribution in [0.5, 0.6) is 5.75 Å². The van der Waals surface area contributed by atoms with E-state index in [2.05, 4.69) is 21.1 Å². The van der Waals surface area contributed by atoms with E-state index in [1.807, 2.05) is 0 Å². The molecule has 112 valence electrons. The summed E-state index contributed by atoms with van der Waals surface area (Å²) in [5.41, 5.74) is 0. The fourth-order valence-electron chi connectivity index (χ4n) is 0.916. The van der Waals surface area contributed by atoms with Gasteiger partial charge < -0.3 is 4.74 Å². The molecule has 0 aliphatic heterocycles. The quantitative estimate of drug-likeness (QED) is 0.359. The second kappa shape index (κ2) is 5.49. The minimum atomic E-state index is -5.77. The number of benzene rings is 1. The average molecular weight is 323 g/mol. The molecule has 0 amide bonds. The van der Waals surface area contributed by atoms with E-state index < -0.39 is 29.3 Å². The Bertz CT molecular complexity index is 474. The van der Waals surface area contributed by atoms with Gasteiger partial charge in [0.1, 0.15) is 5.75 Å². The molecule has 0 bridgehead atoms. The Morgan fingerprint density at radius 2 is 1.50 bits per heavy atom. The summed E-state index contributed by atoms with van der Waals surface area (Å²) < 4.78 is 81.7. The Morgan fingerprint density at radius 1 is 1.00 bits per heavy atom. The maximum absolute atomic E-state index is 13.0. The molecule has 1 aromatic carbocycles. The normalized spacial score (nSPS) is 13.2. The lowest BCUT2D eigenvalue weighted by molar-refractivity contribution is -0.402. The number of hydrogen-bond acceptors (Lipinski definition) is 3. The van der Waals surface area contributed by atoms with Crippen molar-refractivity contribution in [1.29, 1.82) is 0 Å². The van der Waals surface area contributed by atoms with Crippen molar-refractivity contribution in [2.75, 3.05) is 0 Å². The molecule has 0 heterocycles. The molecule has 0 saturated heterocycles. The summed E-state index contributed by atoms with van der Waals surface area (Å²) in [5, 5.41) is -5.43. The third kappa shape index (κ3) is 4.01. The van der Waals surface area contributed by atoms with Crippen molar-refractivity contribution in [3.8, 4) is 5.75 Å². The maximum Gasteiger partial charge on any atom is 0.461 e. The number of ether oxygens (including phenoxy) is 2. The van der Waals surface area contributed by atoms with Gasteiger partial charge in [-0.2, -0.15) is 26.3 Å². The molecule has 0 atom stereocenters. The molecule has 3 nitrogen and oxygen atoms in total. The van der Waals surface area contributed by atoms with Crippen LogP contribution in [-0.2, 0) is 9.53 Å². The summed E-state index contributed by atoms with van der Waals surface area (Å²) in [7, 11) is 0. The largest absolute Gasteiger partial charge is 0.461 e. The van der Waals surface area contributed by atoms with E-state index in [9.17, 15) is 31.1 Å². The molecule has 20 heavy (non-hydrogen) atoms. The number of rotatable bonds is 5. The van der Waals surface area contributed by atoms with Gasteiger partial charge in [-0.3, -0.25) is 0 Å². The fourth-order valence-corrected chi connectivity index (χ4v) is 0.954. The summed E-state index contributed by atoms with van der Waals surface area (Å²) in [6, 6.07) is 6.16. The third-order valence-corrected chi connectivity index (χ3v) is 2.00. The number of alkyl halides is 7. The molecule has 1 aromatic rings. The van der Waals surface area contributed by atoms with Gasteiger partial charge in [-0.25, -0.2) is 9.53 Å². The number of para-hydroxylation sites is 1. The Kier molecular flexibility index (Phi) is 4.55. The van der Waals surface area contributed by atoms with Crippen LogP contribution in [0.15, 0.2) is 30.3 Å². The first-order chi connectivity index (χ1) is 8.96. The Hall–Kier alpha value is -1.48. The van der Waals surface area contributed by atoms with Crippen LogP contribution >= 0.6 is 11.6 Å². The molecular formula is C10H5ClF6O3. The summed E-state index contributed by atoms with van der Waals surface area (Å²) in [5.74, 6) is -3.01. The summed E-state index contributed by atoms with van der Waals surface area (Å²) in [4.78, 5) is 10.9. The first kappa shape index (κ1) is 16.6. The maximum atomic E-state index is 13.0. The van der Waals surface area contributed by atoms with Gasteiger partial charge in [0.15, 0.2) is 0 Å². The highest BCUT2D eigenvalue weighted by Gasteiger charge is 2.64. The minimum Gasteiger partial charge on any atom is -0.420 e. The highest BCUT2D eigenvalue weighted by molar-refractivity contribution is 6.22. The molecular weight excluding hydrogens is 318 g/mol. The van der Waals surface area contributed by atoms with Gasteiger partial charge >= 0.3 is 23.6 Å². The SMILES string of the molecule is O=C(Oc1ccccc1)C(F)(F)OC(F)(F)C(F)(F)Cl. The summed E-state index contributed by atoms with van der Waals surface area (Å²) in [6.45, 7) is 0. The zero-order chi connectivity index (χ0) is 15.6. The van der Waals surface area contributed by atoms with Crippen LogP contribution < -0.4 is 4.74 Å².